The Bertz CT molecular complexity index is 2160. The normalized spacial score (nSPS) is 17.7. The first-order valence-corrected chi connectivity index (χ1v) is 19.2. The number of amides is 1. The maximum atomic E-state index is 14.4. The quantitative estimate of drug-likeness (QED) is 0.0734. The number of rotatable bonds is 13. The largest absolute Gasteiger partial charge is 0.496 e. The van der Waals surface area contributed by atoms with Crippen molar-refractivity contribution in [1.29, 1.82) is 0 Å². The van der Waals surface area contributed by atoms with Crippen molar-refractivity contribution in [3.05, 3.63) is 113 Å². The van der Waals surface area contributed by atoms with Gasteiger partial charge in [0.05, 0.1) is 43.1 Å². The van der Waals surface area contributed by atoms with Gasteiger partial charge in [0, 0.05) is 43.1 Å². The number of fused-ring (bicyclic) bond motifs is 1. The van der Waals surface area contributed by atoms with Gasteiger partial charge < -0.3 is 28.6 Å². The Labute approximate surface area is 322 Å². The SMILES string of the molecule is CCc1c(OC)cc(C(=O)N2CCC(CCN3CCC(C(=O)c4nc5ccccc5n4Cc4ccccn4)CC3)(c3ccccc3)C2)c(OC(C)=O)c1OC. The number of hydrogen-bond acceptors (Lipinski definition) is 9. The molecule has 0 spiro atoms. The Morgan fingerprint density at radius 3 is 2.33 bits per heavy atom. The summed E-state index contributed by atoms with van der Waals surface area (Å²) in [6.07, 6.45) is 5.48. The topological polar surface area (TPSA) is 116 Å². The van der Waals surface area contributed by atoms with Crippen molar-refractivity contribution >= 4 is 28.7 Å². The molecule has 2 aliphatic rings. The number of piperidine rings is 1. The fourth-order valence-electron chi connectivity index (χ4n) is 8.43. The summed E-state index contributed by atoms with van der Waals surface area (Å²) in [5.74, 6) is 0.680. The standard InChI is InChI=1S/C44H49N5O6/c1-5-34-38(53-3)27-35(41(40(34)54-4)55-30(2)50)43(52)48-26-21-44(29-48,32-13-7-6-8-14-32)20-25-47-23-18-31(19-24-47)39(51)42-46-36-16-9-10-17-37(36)49(42)28-33-15-11-12-22-45-33/h6-17,22,27,31H,5,18-21,23-26,28-29H2,1-4H3. The van der Waals surface area contributed by atoms with Gasteiger partial charge in [-0.1, -0.05) is 55.5 Å². The molecule has 0 saturated carbocycles. The molecule has 2 saturated heterocycles. The number of carbonyl (C=O) groups is 3. The predicted molar refractivity (Wildman–Crippen MR) is 210 cm³/mol. The molecule has 0 N–H and O–H groups in total. The monoisotopic (exact) mass is 743 g/mol. The summed E-state index contributed by atoms with van der Waals surface area (Å²) in [4.78, 5) is 54.4. The molecule has 55 heavy (non-hydrogen) atoms. The fraction of sp³-hybridized carbons (Fsp3) is 0.386. The van der Waals surface area contributed by atoms with E-state index in [0.29, 0.717) is 43.4 Å². The average Bonchev–Trinajstić information content (AvgIpc) is 3.83. The number of likely N-dealkylation sites (tertiary alicyclic amines) is 2. The summed E-state index contributed by atoms with van der Waals surface area (Å²) < 4.78 is 19.1. The number of hydrogen-bond donors (Lipinski definition) is 0. The van der Waals surface area contributed by atoms with Crippen molar-refractivity contribution < 1.29 is 28.6 Å². The summed E-state index contributed by atoms with van der Waals surface area (Å²) in [6.45, 7) is 7.26. The minimum atomic E-state index is -0.534. The lowest BCUT2D eigenvalue weighted by Crippen LogP contribution is -2.41. The first-order valence-electron chi connectivity index (χ1n) is 19.2. The van der Waals surface area contributed by atoms with E-state index in [-0.39, 0.29) is 34.3 Å². The number of Topliss-reactive ketones (excluding diaryl/α,β-unsaturated/α-hetero) is 1. The Morgan fingerprint density at radius 2 is 1.64 bits per heavy atom. The minimum absolute atomic E-state index is 0.0887. The number of imidazole rings is 1. The molecule has 4 heterocycles. The van der Waals surface area contributed by atoms with Gasteiger partial charge in [-0.3, -0.25) is 19.4 Å². The lowest BCUT2D eigenvalue weighted by Gasteiger charge is -2.36. The highest BCUT2D eigenvalue weighted by Crippen LogP contribution is 2.44. The van der Waals surface area contributed by atoms with E-state index < -0.39 is 5.97 Å². The second kappa shape index (κ2) is 16.4. The number of esters is 1. The molecule has 2 aliphatic heterocycles. The van der Waals surface area contributed by atoms with Crippen molar-refractivity contribution in [3.8, 4) is 17.2 Å². The van der Waals surface area contributed by atoms with Crippen molar-refractivity contribution in [2.24, 2.45) is 5.92 Å². The second-order valence-electron chi connectivity index (χ2n) is 14.6. The Hall–Kier alpha value is -5.55. The summed E-state index contributed by atoms with van der Waals surface area (Å²) >= 11 is 0. The lowest BCUT2D eigenvalue weighted by atomic mass is 9.76. The molecule has 11 heteroatoms. The Kier molecular flexibility index (Phi) is 11.3. The van der Waals surface area contributed by atoms with E-state index in [2.05, 4.69) is 34.1 Å². The van der Waals surface area contributed by atoms with Gasteiger partial charge in [-0.25, -0.2) is 4.98 Å². The van der Waals surface area contributed by atoms with Gasteiger partial charge in [-0.05, 0) is 87.6 Å². The number of carbonyl (C=O) groups excluding carboxylic acids is 3. The Balaban J connectivity index is 1.06. The molecular weight excluding hydrogens is 695 g/mol. The number of ether oxygens (including phenoxy) is 3. The molecule has 1 amide bonds. The zero-order chi connectivity index (χ0) is 38.5. The molecule has 1 atom stereocenters. The van der Waals surface area contributed by atoms with Gasteiger partial charge in [-0.15, -0.1) is 0 Å². The van der Waals surface area contributed by atoms with Gasteiger partial charge in [0.25, 0.3) is 5.91 Å². The van der Waals surface area contributed by atoms with Crippen LogP contribution in [0.15, 0.2) is 85.1 Å². The third-order valence-corrected chi connectivity index (χ3v) is 11.4. The van der Waals surface area contributed by atoms with Crippen LogP contribution in [0.1, 0.15) is 77.3 Å². The van der Waals surface area contributed by atoms with Crippen LogP contribution < -0.4 is 14.2 Å². The van der Waals surface area contributed by atoms with Gasteiger partial charge in [0.1, 0.15) is 5.75 Å². The molecule has 7 rings (SSSR count). The predicted octanol–water partition coefficient (Wildman–Crippen LogP) is 6.75. The van der Waals surface area contributed by atoms with E-state index in [1.165, 1.54) is 19.6 Å². The van der Waals surface area contributed by atoms with Crippen LogP contribution in [0.5, 0.6) is 17.2 Å². The van der Waals surface area contributed by atoms with E-state index >= 15 is 0 Å². The molecule has 3 aromatic carbocycles. The molecule has 0 radical (unpaired) electrons. The summed E-state index contributed by atoms with van der Waals surface area (Å²) in [7, 11) is 3.06. The highest BCUT2D eigenvalue weighted by molar-refractivity contribution is 6.00. The van der Waals surface area contributed by atoms with E-state index in [1.54, 1.807) is 19.4 Å². The zero-order valence-corrected chi connectivity index (χ0v) is 32.1. The molecule has 1 unspecified atom stereocenters. The number of pyridine rings is 1. The number of benzene rings is 3. The van der Waals surface area contributed by atoms with Gasteiger partial charge in [0.15, 0.2) is 17.3 Å². The van der Waals surface area contributed by atoms with Crippen LogP contribution in [0.4, 0.5) is 0 Å². The molecule has 0 bridgehead atoms. The van der Waals surface area contributed by atoms with E-state index in [1.807, 2.05) is 64.9 Å². The third kappa shape index (κ3) is 7.71. The lowest BCUT2D eigenvalue weighted by molar-refractivity contribution is -0.132. The maximum absolute atomic E-state index is 14.4. The van der Waals surface area contributed by atoms with Crippen LogP contribution >= 0.6 is 0 Å². The molecule has 5 aromatic rings. The maximum Gasteiger partial charge on any atom is 0.308 e. The third-order valence-electron chi connectivity index (χ3n) is 11.4. The number of ketones is 1. The fourth-order valence-corrected chi connectivity index (χ4v) is 8.43. The molecule has 11 nitrogen and oxygen atoms in total. The highest BCUT2D eigenvalue weighted by Gasteiger charge is 2.43. The zero-order valence-electron chi connectivity index (χ0n) is 32.1. The van der Waals surface area contributed by atoms with Crippen LogP contribution in [0.2, 0.25) is 0 Å². The van der Waals surface area contributed by atoms with Crippen molar-refractivity contribution in [1.82, 2.24) is 24.3 Å². The smallest absolute Gasteiger partial charge is 0.308 e. The number of aromatic nitrogens is 3. The van der Waals surface area contributed by atoms with Crippen LogP contribution in [0.3, 0.4) is 0 Å². The van der Waals surface area contributed by atoms with E-state index in [9.17, 15) is 14.4 Å². The van der Waals surface area contributed by atoms with E-state index in [4.69, 9.17) is 19.2 Å². The molecule has 286 valence electrons. The summed E-state index contributed by atoms with van der Waals surface area (Å²) in [6, 6.07) is 25.8. The first-order chi connectivity index (χ1) is 26.7. The second-order valence-corrected chi connectivity index (χ2v) is 14.6. The van der Waals surface area contributed by atoms with Crippen LogP contribution in [0, 0.1) is 5.92 Å². The molecule has 0 aliphatic carbocycles. The summed E-state index contributed by atoms with van der Waals surface area (Å²) in [5, 5.41) is 0. The van der Waals surface area contributed by atoms with Crippen molar-refractivity contribution in [3.63, 3.8) is 0 Å². The average molecular weight is 744 g/mol. The van der Waals surface area contributed by atoms with Gasteiger partial charge in [-0.2, -0.15) is 0 Å². The minimum Gasteiger partial charge on any atom is -0.496 e. The molecule has 2 fully saturated rings. The number of nitrogens with zero attached hydrogens (tertiary/aromatic N) is 5. The van der Waals surface area contributed by atoms with Crippen LogP contribution in [-0.4, -0.2) is 88.9 Å². The molecular formula is C44H49N5O6. The number of para-hydroxylation sites is 2. The number of methoxy groups -OCH3 is 2. The van der Waals surface area contributed by atoms with Crippen molar-refractivity contribution in [2.75, 3.05) is 46.9 Å². The summed E-state index contributed by atoms with van der Waals surface area (Å²) in [5.41, 5.74) is 4.51. The van der Waals surface area contributed by atoms with E-state index in [0.717, 1.165) is 67.6 Å². The van der Waals surface area contributed by atoms with Crippen LogP contribution in [-0.2, 0) is 23.2 Å². The van der Waals surface area contributed by atoms with Crippen molar-refractivity contribution in [2.45, 2.75) is 57.9 Å². The molecule has 2 aromatic heterocycles. The highest BCUT2D eigenvalue weighted by atomic mass is 16.6. The van der Waals surface area contributed by atoms with Gasteiger partial charge in [0.2, 0.25) is 5.78 Å². The van der Waals surface area contributed by atoms with Crippen LogP contribution in [0.25, 0.3) is 11.0 Å². The Morgan fingerprint density at radius 1 is 0.891 bits per heavy atom. The van der Waals surface area contributed by atoms with Gasteiger partial charge >= 0.3 is 5.97 Å². The first kappa shape index (κ1) is 37.8.